The quantitative estimate of drug-likeness (QED) is 0.127. The fraction of sp³-hybridized carbons (Fsp3) is 0.850. The first-order chi connectivity index (χ1) is 12.4. The average Bonchev–Trinajstić information content (AvgIpc) is 2.64. The molecule has 2 unspecified atom stereocenters. The van der Waals surface area contributed by atoms with Crippen LogP contribution in [0.5, 0.6) is 0 Å². The standard InChI is InChI=1S/C20H38O6/c1-8-10-11-12-13-15-18(25-26-19(21)16(3)4)17(14-9-2)20(22-5,23-6)24-7/h17-18H,3,8-15H2,1-2,4-7H3. The van der Waals surface area contributed by atoms with Crippen LogP contribution >= 0.6 is 0 Å². The topological polar surface area (TPSA) is 63.2 Å². The van der Waals surface area contributed by atoms with Crippen molar-refractivity contribution in [2.75, 3.05) is 21.3 Å². The van der Waals surface area contributed by atoms with E-state index >= 15 is 0 Å². The monoisotopic (exact) mass is 374 g/mol. The Balaban J connectivity index is 5.23. The van der Waals surface area contributed by atoms with E-state index in [9.17, 15) is 4.79 Å². The van der Waals surface area contributed by atoms with E-state index in [0.29, 0.717) is 0 Å². The maximum absolute atomic E-state index is 11.8. The van der Waals surface area contributed by atoms with Gasteiger partial charge in [-0.25, -0.2) is 4.79 Å². The number of carbonyl (C=O) groups excluding carboxylic acids is 1. The van der Waals surface area contributed by atoms with E-state index in [4.69, 9.17) is 24.0 Å². The number of hydrogen-bond acceptors (Lipinski definition) is 6. The van der Waals surface area contributed by atoms with Gasteiger partial charge in [0.05, 0.1) is 5.92 Å². The Kier molecular flexibility index (Phi) is 13.6. The highest BCUT2D eigenvalue weighted by molar-refractivity contribution is 5.86. The van der Waals surface area contributed by atoms with Crippen molar-refractivity contribution in [2.45, 2.75) is 84.2 Å². The van der Waals surface area contributed by atoms with E-state index in [2.05, 4.69) is 20.4 Å². The van der Waals surface area contributed by atoms with Gasteiger partial charge in [0.25, 0.3) is 5.97 Å². The molecule has 0 amide bonds. The molecule has 0 aliphatic rings. The SMILES string of the molecule is C=C(C)C(=O)OOC(CCCCCCC)C(CCC)C(OC)(OC)OC. The summed E-state index contributed by atoms with van der Waals surface area (Å²) in [5.74, 6) is -2.08. The van der Waals surface area contributed by atoms with E-state index in [1.165, 1.54) is 40.6 Å². The smallest absolute Gasteiger partial charge is 0.331 e. The third-order valence-electron chi connectivity index (χ3n) is 4.54. The van der Waals surface area contributed by atoms with Crippen molar-refractivity contribution < 1.29 is 28.8 Å². The summed E-state index contributed by atoms with van der Waals surface area (Å²) in [5, 5.41) is 0. The van der Waals surface area contributed by atoms with Crippen LogP contribution in [-0.4, -0.2) is 39.4 Å². The summed E-state index contributed by atoms with van der Waals surface area (Å²) < 4.78 is 16.6. The minimum atomic E-state index is -1.25. The van der Waals surface area contributed by atoms with Gasteiger partial charge in [0.1, 0.15) is 6.10 Å². The molecule has 0 fully saturated rings. The van der Waals surface area contributed by atoms with Crippen LogP contribution in [0, 0.1) is 5.92 Å². The van der Waals surface area contributed by atoms with Crippen LogP contribution in [0.1, 0.15) is 72.1 Å². The van der Waals surface area contributed by atoms with Gasteiger partial charge in [-0.2, -0.15) is 4.89 Å². The van der Waals surface area contributed by atoms with Crippen LogP contribution < -0.4 is 0 Å². The van der Waals surface area contributed by atoms with Gasteiger partial charge < -0.3 is 14.2 Å². The first-order valence-electron chi connectivity index (χ1n) is 9.60. The van der Waals surface area contributed by atoms with E-state index in [1.54, 1.807) is 6.92 Å². The predicted molar refractivity (Wildman–Crippen MR) is 101 cm³/mol. The van der Waals surface area contributed by atoms with Crippen LogP contribution in [0.3, 0.4) is 0 Å². The summed E-state index contributed by atoms with van der Waals surface area (Å²) in [6, 6.07) is 0. The number of carbonyl (C=O) groups is 1. The van der Waals surface area contributed by atoms with E-state index in [1.807, 2.05) is 0 Å². The fourth-order valence-corrected chi connectivity index (χ4v) is 3.05. The van der Waals surface area contributed by atoms with Crippen molar-refractivity contribution >= 4 is 5.97 Å². The second kappa shape index (κ2) is 14.2. The van der Waals surface area contributed by atoms with Crippen molar-refractivity contribution in [1.29, 1.82) is 0 Å². The highest BCUT2D eigenvalue weighted by atomic mass is 17.2. The molecule has 26 heavy (non-hydrogen) atoms. The Labute approximate surface area is 159 Å². The highest BCUT2D eigenvalue weighted by Gasteiger charge is 2.45. The van der Waals surface area contributed by atoms with Gasteiger partial charge >= 0.3 is 5.97 Å². The first kappa shape index (κ1) is 25.1. The molecule has 0 radical (unpaired) electrons. The molecule has 6 nitrogen and oxygen atoms in total. The Hall–Kier alpha value is -0.950. The van der Waals surface area contributed by atoms with Crippen molar-refractivity contribution in [1.82, 2.24) is 0 Å². The summed E-state index contributed by atoms with van der Waals surface area (Å²) in [5.41, 5.74) is 0.287. The summed E-state index contributed by atoms with van der Waals surface area (Å²) >= 11 is 0. The van der Waals surface area contributed by atoms with Crippen LogP contribution in [0.25, 0.3) is 0 Å². The second-order valence-electron chi connectivity index (χ2n) is 6.60. The van der Waals surface area contributed by atoms with Gasteiger partial charge in [0.15, 0.2) is 0 Å². The van der Waals surface area contributed by atoms with Gasteiger partial charge in [-0.15, -0.1) is 0 Å². The van der Waals surface area contributed by atoms with Crippen LogP contribution in [-0.2, 0) is 28.8 Å². The molecule has 0 aliphatic heterocycles. The molecule has 6 heteroatoms. The third-order valence-corrected chi connectivity index (χ3v) is 4.54. The largest absolute Gasteiger partial charge is 0.368 e. The lowest BCUT2D eigenvalue weighted by Gasteiger charge is -2.39. The van der Waals surface area contributed by atoms with Gasteiger partial charge in [-0.1, -0.05) is 59.0 Å². The van der Waals surface area contributed by atoms with E-state index < -0.39 is 18.0 Å². The molecular formula is C20H38O6. The Morgan fingerprint density at radius 1 is 0.923 bits per heavy atom. The van der Waals surface area contributed by atoms with Crippen LogP contribution in [0.2, 0.25) is 0 Å². The van der Waals surface area contributed by atoms with Gasteiger partial charge in [0.2, 0.25) is 0 Å². The molecule has 0 aromatic rings. The molecule has 0 spiro atoms. The van der Waals surface area contributed by atoms with Crippen LogP contribution in [0.15, 0.2) is 12.2 Å². The maximum Gasteiger partial charge on any atom is 0.368 e. The van der Waals surface area contributed by atoms with Crippen molar-refractivity contribution in [3.63, 3.8) is 0 Å². The second-order valence-corrected chi connectivity index (χ2v) is 6.60. The van der Waals surface area contributed by atoms with Crippen LogP contribution in [0.4, 0.5) is 0 Å². The van der Waals surface area contributed by atoms with E-state index in [-0.39, 0.29) is 11.5 Å². The molecule has 0 bridgehead atoms. The Morgan fingerprint density at radius 2 is 1.50 bits per heavy atom. The van der Waals surface area contributed by atoms with Crippen molar-refractivity contribution in [3.05, 3.63) is 12.2 Å². The normalized spacial score (nSPS) is 14.1. The third kappa shape index (κ3) is 8.16. The summed E-state index contributed by atoms with van der Waals surface area (Å²) in [6.07, 6.45) is 7.57. The molecule has 2 atom stereocenters. The summed E-state index contributed by atoms with van der Waals surface area (Å²) in [4.78, 5) is 22.3. The fourth-order valence-electron chi connectivity index (χ4n) is 3.05. The lowest BCUT2D eigenvalue weighted by Crippen LogP contribution is -2.50. The number of unbranched alkanes of at least 4 members (excludes halogenated alkanes) is 4. The van der Waals surface area contributed by atoms with E-state index in [0.717, 1.165) is 32.1 Å². The highest BCUT2D eigenvalue weighted by Crippen LogP contribution is 2.34. The molecular weight excluding hydrogens is 336 g/mol. The van der Waals surface area contributed by atoms with Crippen molar-refractivity contribution in [3.8, 4) is 0 Å². The zero-order valence-electron chi connectivity index (χ0n) is 17.5. The van der Waals surface area contributed by atoms with Gasteiger partial charge in [-0.05, 0) is 19.8 Å². The zero-order valence-corrected chi connectivity index (χ0v) is 17.5. The molecule has 0 saturated carbocycles. The molecule has 0 N–H and O–H groups in total. The van der Waals surface area contributed by atoms with Crippen molar-refractivity contribution in [2.24, 2.45) is 5.92 Å². The first-order valence-corrected chi connectivity index (χ1v) is 9.60. The summed E-state index contributed by atoms with van der Waals surface area (Å²) in [6.45, 7) is 9.41. The number of rotatable bonds is 16. The number of methoxy groups -OCH3 is 3. The molecule has 0 aromatic heterocycles. The Bertz CT molecular complexity index is 383. The predicted octanol–water partition coefficient (Wildman–Crippen LogP) is 4.78. The lowest BCUT2D eigenvalue weighted by atomic mass is 9.90. The number of hydrogen-bond donors (Lipinski definition) is 0. The zero-order chi connectivity index (χ0) is 20.0. The summed E-state index contributed by atoms with van der Waals surface area (Å²) in [7, 11) is 4.61. The van der Waals surface area contributed by atoms with Gasteiger partial charge in [0, 0.05) is 26.9 Å². The molecule has 154 valence electrons. The number of ether oxygens (including phenoxy) is 3. The lowest BCUT2D eigenvalue weighted by molar-refractivity contribution is -0.409. The molecule has 0 saturated heterocycles. The Morgan fingerprint density at radius 3 is 1.96 bits per heavy atom. The molecule has 0 heterocycles. The molecule has 0 aromatic carbocycles. The molecule has 0 rings (SSSR count). The maximum atomic E-state index is 11.8. The minimum absolute atomic E-state index is 0.253. The average molecular weight is 375 g/mol. The molecule has 0 aliphatic carbocycles. The van der Waals surface area contributed by atoms with Gasteiger partial charge in [-0.3, -0.25) is 4.89 Å². The minimum Gasteiger partial charge on any atom is -0.331 e.